The maximum Gasteiger partial charge on any atom is 0.227 e. The van der Waals surface area contributed by atoms with Gasteiger partial charge in [-0.25, -0.2) is 0 Å². The largest absolute Gasteiger partial charge is 0.399 e. The van der Waals surface area contributed by atoms with Gasteiger partial charge in [0.15, 0.2) is 0 Å². The molecular weight excluding hydrogens is 276 g/mol. The van der Waals surface area contributed by atoms with Crippen LogP contribution in [0.3, 0.4) is 0 Å². The number of nitrogen functional groups attached to an aromatic ring is 1. The first-order chi connectivity index (χ1) is 10.3. The number of carbonyl (C=O) groups excluding carboxylic acids is 1. The number of aryl methyl sites for hydroxylation is 3. The molecule has 3 N–H and O–H groups in total. The van der Waals surface area contributed by atoms with E-state index in [1.54, 1.807) is 6.07 Å². The second-order valence-corrected chi connectivity index (χ2v) is 5.94. The molecule has 1 unspecified atom stereocenters. The molecule has 0 aliphatic carbocycles. The molecule has 0 radical (unpaired) electrons. The van der Waals surface area contributed by atoms with Crippen molar-refractivity contribution in [1.29, 1.82) is 0 Å². The number of benzene rings is 1. The molecule has 5 nitrogen and oxygen atoms in total. The summed E-state index contributed by atoms with van der Waals surface area (Å²) >= 11 is 0. The Hall–Kier alpha value is -2.30. The fourth-order valence-corrected chi connectivity index (χ4v) is 2.54. The van der Waals surface area contributed by atoms with Crippen LogP contribution in [-0.2, 0) is 18.3 Å². The quantitative estimate of drug-likeness (QED) is 0.853. The lowest BCUT2D eigenvalue weighted by Gasteiger charge is -2.14. The molecule has 1 heterocycles. The van der Waals surface area contributed by atoms with Gasteiger partial charge in [-0.15, -0.1) is 0 Å². The van der Waals surface area contributed by atoms with Crippen LogP contribution in [0.15, 0.2) is 18.2 Å². The average molecular weight is 300 g/mol. The van der Waals surface area contributed by atoms with Crippen LogP contribution < -0.4 is 11.1 Å². The zero-order valence-electron chi connectivity index (χ0n) is 13.9. The number of nitrogens with one attached hydrogen (secondary N) is 1. The number of hydrogen-bond acceptors (Lipinski definition) is 3. The lowest BCUT2D eigenvalue weighted by Crippen LogP contribution is -2.23. The highest BCUT2D eigenvalue weighted by molar-refractivity contribution is 5.93. The molecule has 0 aliphatic heterocycles. The molecule has 1 atom stereocenters. The minimum absolute atomic E-state index is 0.00338. The fraction of sp³-hybridized carbons (Fsp3) is 0.412. The summed E-state index contributed by atoms with van der Waals surface area (Å²) in [6.07, 6.45) is 0.679. The van der Waals surface area contributed by atoms with Crippen LogP contribution in [0.25, 0.3) is 0 Å². The van der Waals surface area contributed by atoms with Crippen LogP contribution >= 0.6 is 0 Å². The van der Waals surface area contributed by atoms with Crippen molar-refractivity contribution in [3.8, 4) is 0 Å². The van der Waals surface area contributed by atoms with Crippen molar-refractivity contribution >= 4 is 17.3 Å². The number of rotatable bonds is 4. The van der Waals surface area contributed by atoms with Crippen molar-refractivity contribution in [2.24, 2.45) is 13.0 Å². The van der Waals surface area contributed by atoms with Gasteiger partial charge < -0.3 is 11.1 Å². The van der Waals surface area contributed by atoms with Gasteiger partial charge in [0.05, 0.1) is 5.69 Å². The van der Waals surface area contributed by atoms with Gasteiger partial charge in [-0.3, -0.25) is 9.48 Å². The van der Waals surface area contributed by atoms with Crippen LogP contribution in [0, 0.1) is 26.7 Å². The van der Waals surface area contributed by atoms with E-state index in [0.29, 0.717) is 12.1 Å². The molecule has 2 rings (SSSR count). The molecule has 5 heteroatoms. The minimum Gasteiger partial charge on any atom is -0.399 e. The summed E-state index contributed by atoms with van der Waals surface area (Å²) in [5.41, 5.74) is 11.4. The first kappa shape index (κ1) is 16.1. The van der Waals surface area contributed by atoms with Crippen molar-refractivity contribution < 1.29 is 4.79 Å². The second-order valence-electron chi connectivity index (χ2n) is 5.94. The standard InChI is InChI=1S/C17H24N4O/c1-10-6-7-14(18)9-16(10)19-17(22)11(2)8-15-12(3)20-21(5)13(15)4/h6-7,9,11H,8,18H2,1-5H3,(H,19,22). The molecule has 0 saturated carbocycles. The van der Waals surface area contributed by atoms with Gasteiger partial charge in [0, 0.05) is 30.0 Å². The SMILES string of the molecule is Cc1ccc(N)cc1NC(=O)C(C)Cc1c(C)nn(C)c1C. The Bertz CT molecular complexity index is 703. The van der Waals surface area contributed by atoms with Crippen LogP contribution in [-0.4, -0.2) is 15.7 Å². The molecule has 0 saturated heterocycles. The maximum atomic E-state index is 12.4. The molecule has 22 heavy (non-hydrogen) atoms. The normalized spacial score (nSPS) is 12.2. The van der Waals surface area contributed by atoms with Gasteiger partial charge in [-0.2, -0.15) is 5.10 Å². The first-order valence-electron chi connectivity index (χ1n) is 7.45. The van der Waals surface area contributed by atoms with Crippen molar-refractivity contribution in [1.82, 2.24) is 9.78 Å². The number of carbonyl (C=O) groups is 1. The second kappa shape index (κ2) is 6.22. The number of nitrogens with two attached hydrogens (primary N) is 1. The van der Waals surface area contributed by atoms with Gasteiger partial charge in [0.1, 0.15) is 0 Å². The summed E-state index contributed by atoms with van der Waals surface area (Å²) in [5.74, 6) is -0.140. The van der Waals surface area contributed by atoms with E-state index in [9.17, 15) is 4.79 Å². The monoisotopic (exact) mass is 300 g/mol. The predicted molar refractivity (Wildman–Crippen MR) is 89.8 cm³/mol. The first-order valence-corrected chi connectivity index (χ1v) is 7.45. The number of anilines is 2. The zero-order chi connectivity index (χ0) is 16.4. The highest BCUT2D eigenvalue weighted by Crippen LogP contribution is 2.21. The number of amides is 1. The van der Waals surface area contributed by atoms with Crippen LogP contribution in [0.4, 0.5) is 11.4 Å². The molecule has 1 aromatic carbocycles. The van der Waals surface area contributed by atoms with E-state index in [4.69, 9.17) is 5.73 Å². The molecule has 1 amide bonds. The third-order valence-electron chi connectivity index (χ3n) is 4.14. The Morgan fingerprint density at radius 2 is 2.05 bits per heavy atom. The van der Waals surface area contributed by atoms with E-state index >= 15 is 0 Å². The summed E-state index contributed by atoms with van der Waals surface area (Å²) in [5, 5.41) is 7.37. The zero-order valence-corrected chi connectivity index (χ0v) is 13.9. The summed E-state index contributed by atoms with van der Waals surface area (Å²) < 4.78 is 1.86. The fourth-order valence-electron chi connectivity index (χ4n) is 2.54. The molecule has 1 aromatic heterocycles. The Morgan fingerprint density at radius 3 is 2.64 bits per heavy atom. The van der Waals surface area contributed by atoms with Gasteiger partial charge >= 0.3 is 0 Å². The minimum atomic E-state index is -0.137. The summed E-state index contributed by atoms with van der Waals surface area (Å²) in [7, 11) is 1.92. The molecule has 0 bridgehead atoms. The highest BCUT2D eigenvalue weighted by Gasteiger charge is 2.19. The highest BCUT2D eigenvalue weighted by atomic mass is 16.1. The van der Waals surface area contributed by atoms with Crippen molar-refractivity contribution in [2.75, 3.05) is 11.1 Å². The van der Waals surface area contributed by atoms with Crippen molar-refractivity contribution in [3.63, 3.8) is 0 Å². The lowest BCUT2D eigenvalue weighted by atomic mass is 9.98. The van der Waals surface area contributed by atoms with Gasteiger partial charge in [-0.1, -0.05) is 13.0 Å². The van der Waals surface area contributed by atoms with E-state index in [1.807, 2.05) is 51.6 Å². The Balaban J connectivity index is 2.11. The van der Waals surface area contributed by atoms with E-state index in [-0.39, 0.29) is 11.8 Å². The topological polar surface area (TPSA) is 72.9 Å². The van der Waals surface area contributed by atoms with Gasteiger partial charge in [-0.05, 0) is 50.5 Å². The molecule has 0 fully saturated rings. The summed E-state index contributed by atoms with van der Waals surface area (Å²) in [6, 6.07) is 5.53. The molecule has 0 aliphatic rings. The third-order valence-corrected chi connectivity index (χ3v) is 4.14. The number of aromatic nitrogens is 2. The van der Waals surface area contributed by atoms with Crippen LogP contribution in [0.1, 0.15) is 29.4 Å². The van der Waals surface area contributed by atoms with Crippen molar-refractivity contribution in [3.05, 3.63) is 40.7 Å². The lowest BCUT2D eigenvalue weighted by molar-refractivity contribution is -0.119. The molecule has 0 spiro atoms. The van der Waals surface area contributed by atoms with E-state index in [0.717, 1.165) is 28.2 Å². The van der Waals surface area contributed by atoms with Crippen molar-refractivity contribution in [2.45, 2.75) is 34.1 Å². The molecule has 118 valence electrons. The Kier molecular flexibility index (Phi) is 4.54. The van der Waals surface area contributed by atoms with E-state index in [2.05, 4.69) is 10.4 Å². The molecular formula is C17H24N4O. The smallest absolute Gasteiger partial charge is 0.227 e. The number of nitrogens with zero attached hydrogens (tertiary/aromatic N) is 2. The molecule has 2 aromatic rings. The van der Waals surface area contributed by atoms with Gasteiger partial charge in [0.2, 0.25) is 5.91 Å². The Labute approximate surface area is 131 Å². The van der Waals surface area contributed by atoms with Gasteiger partial charge in [0.25, 0.3) is 0 Å². The summed E-state index contributed by atoms with van der Waals surface area (Å²) in [4.78, 5) is 12.4. The van der Waals surface area contributed by atoms with Crippen LogP contribution in [0.5, 0.6) is 0 Å². The number of hydrogen-bond donors (Lipinski definition) is 2. The van der Waals surface area contributed by atoms with E-state index < -0.39 is 0 Å². The Morgan fingerprint density at radius 1 is 1.36 bits per heavy atom. The van der Waals surface area contributed by atoms with E-state index in [1.165, 1.54) is 0 Å². The average Bonchev–Trinajstić information content (AvgIpc) is 2.69. The van der Waals surface area contributed by atoms with Crippen LogP contribution in [0.2, 0.25) is 0 Å². The third kappa shape index (κ3) is 3.30. The predicted octanol–water partition coefficient (Wildman–Crippen LogP) is 2.74. The summed E-state index contributed by atoms with van der Waals surface area (Å²) in [6.45, 7) is 7.90. The maximum absolute atomic E-state index is 12.4.